The van der Waals surface area contributed by atoms with Gasteiger partial charge < -0.3 is 4.57 Å². The Labute approximate surface area is 138 Å². The molecular formula is C14H10ClF3N4S. The molecule has 9 heteroatoms. The molecule has 4 nitrogen and oxygen atoms in total. The van der Waals surface area contributed by atoms with Gasteiger partial charge in [0.2, 0.25) is 5.82 Å². The van der Waals surface area contributed by atoms with E-state index in [2.05, 4.69) is 15.0 Å². The number of rotatable bonds is 3. The minimum atomic E-state index is -4.59. The lowest BCUT2D eigenvalue weighted by molar-refractivity contribution is -0.145. The molecule has 0 aliphatic heterocycles. The predicted molar refractivity (Wildman–Crippen MR) is 82.3 cm³/mol. The van der Waals surface area contributed by atoms with E-state index in [0.29, 0.717) is 22.1 Å². The first-order valence-corrected chi connectivity index (χ1v) is 7.85. The molecule has 0 unspecified atom stereocenters. The average Bonchev–Trinajstić information content (AvgIpc) is 2.83. The number of fused-ring (bicyclic) bond motifs is 1. The molecule has 0 saturated carbocycles. The number of para-hydroxylation sites is 1. The smallest absolute Gasteiger partial charge is 0.322 e. The lowest BCUT2D eigenvalue weighted by Gasteiger charge is -2.10. The van der Waals surface area contributed by atoms with Gasteiger partial charge in [0.25, 0.3) is 0 Å². The second-order valence-electron chi connectivity index (χ2n) is 4.71. The van der Waals surface area contributed by atoms with Crippen LogP contribution >= 0.6 is 23.4 Å². The molecule has 0 fully saturated rings. The number of benzene rings is 1. The summed E-state index contributed by atoms with van der Waals surface area (Å²) in [5.41, 5.74) is 0.259. The maximum absolute atomic E-state index is 13.0. The summed E-state index contributed by atoms with van der Waals surface area (Å²) in [6.07, 6.45) is -3.09. The molecule has 2 heterocycles. The first-order valence-electron chi connectivity index (χ1n) is 6.49. The Morgan fingerprint density at radius 3 is 2.61 bits per heavy atom. The van der Waals surface area contributed by atoms with Gasteiger partial charge in [-0.3, -0.25) is 0 Å². The van der Waals surface area contributed by atoms with Crippen LogP contribution in [0.5, 0.6) is 0 Å². The molecule has 0 radical (unpaired) electrons. The monoisotopic (exact) mass is 358 g/mol. The number of hydrogen-bond acceptors (Lipinski definition) is 4. The third-order valence-corrected chi connectivity index (χ3v) is 4.53. The van der Waals surface area contributed by atoms with Crippen LogP contribution in [0.4, 0.5) is 13.2 Å². The van der Waals surface area contributed by atoms with Gasteiger partial charge in [-0.2, -0.15) is 13.2 Å². The summed E-state index contributed by atoms with van der Waals surface area (Å²) < 4.78 is 40.5. The van der Waals surface area contributed by atoms with Gasteiger partial charge in [0.1, 0.15) is 16.0 Å². The summed E-state index contributed by atoms with van der Waals surface area (Å²) >= 11 is 7.08. The second-order valence-corrected chi connectivity index (χ2v) is 6.06. The summed E-state index contributed by atoms with van der Waals surface area (Å²) in [6.45, 7) is 0. The van der Waals surface area contributed by atoms with Gasteiger partial charge in [0.15, 0.2) is 0 Å². The van der Waals surface area contributed by atoms with Crippen molar-refractivity contribution in [3.8, 4) is 0 Å². The Balaban J connectivity index is 2.00. The molecule has 0 bridgehead atoms. The van der Waals surface area contributed by atoms with E-state index in [9.17, 15) is 13.2 Å². The number of imidazole rings is 1. The fourth-order valence-electron chi connectivity index (χ4n) is 1.98. The Bertz CT molecular complexity index is 863. The van der Waals surface area contributed by atoms with Gasteiger partial charge in [-0.15, -0.1) is 0 Å². The zero-order valence-corrected chi connectivity index (χ0v) is 13.4. The number of nitrogens with zero attached hydrogens (tertiary/aromatic N) is 4. The molecule has 1 aromatic carbocycles. The van der Waals surface area contributed by atoms with Crippen molar-refractivity contribution in [2.45, 2.75) is 17.0 Å². The van der Waals surface area contributed by atoms with Crippen LogP contribution in [0.25, 0.3) is 10.9 Å². The number of alkyl halides is 3. The van der Waals surface area contributed by atoms with Crippen LogP contribution in [0.2, 0.25) is 5.15 Å². The third-order valence-electron chi connectivity index (χ3n) is 3.19. The lowest BCUT2D eigenvalue weighted by Crippen LogP contribution is -2.11. The molecule has 0 amide bonds. The van der Waals surface area contributed by atoms with Crippen molar-refractivity contribution >= 4 is 34.3 Å². The van der Waals surface area contributed by atoms with Crippen molar-refractivity contribution in [1.82, 2.24) is 19.5 Å². The molecule has 0 atom stereocenters. The number of halogens is 4. The van der Waals surface area contributed by atoms with Gasteiger partial charge in [-0.25, -0.2) is 15.0 Å². The molecule has 0 saturated heterocycles. The minimum absolute atomic E-state index is 0.259. The molecule has 120 valence electrons. The fourth-order valence-corrected chi connectivity index (χ4v) is 3.14. The van der Waals surface area contributed by atoms with Gasteiger partial charge in [-0.1, -0.05) is 41.6 Å². The van der Waals surface area contributed by atoms with E-state index in [0.717, 1.165) is 0 Å². The summed E-state index contributed by atoms with van der Waals surface area (Å²) in [5, 5.41) is 1.30. The van der Waals surface area contributed by atoms with Gasteiger partial charge >= 0.3 is 6.18 Å². The normalized spacial score (nSPS) is 12.0. The Hall–Kier alpha value is -1.80. The fraction of sp³-hybridized carbons (Fsp3) is 0.214. The number of aromatic nitrogens is 4. The van der Waals surface area contributed by atoms with Crippen LogP contribution in [-0.2, 0) is 19.0 Å². The first kappa shape index (κ1) is 16.1. The Morgan fingerprint density at radius 2 is 1.96 bits per heavy atom. The predicted octanol–water partition coefficient (Wildman–Crippen LogP) is 4.33. The number of hydrogen-bond donors (Lipinski definition) is 0. The lowest BCUT2D eigenvalue weighted by atomic mass is 10.2. The highest BCUT2D eigenvalue weighted by Crippen LogP contribution is 2.33. The summed E-state index contributed by atoms with van der Waals surface area (Å²) in [6, 6.07) is 6.61. The van der Waals surface area contributed by atoms with Crippen molar-refractivity contribution in [1.29, 1.82) is 0 Å². The third kappa shape index (κ3) is 3.28. The van der Waals surface area contributed by atoms with E-state index < -0.39 is 12.0 Å². The first-order chi connectivity index (χ1) is 10.9. The van der Waals surface area contributed by atoms with E-state index in [1.54, 1.807) is 29.8 Å². The van der Waals surface area contributed by atoms with Crippen LogP contribution in [-0.4, -0.2) is 19.5 Å². The molecular weight excluding hydrogens is 349 g/mol. The SMILES string of the molecule is Cn1c(Cl)cnc1CSc1nc(C(F)(F)F)nc2ccccc12. The van der Waals surface area contributed by atoms with Gasteiger partial charge in [0.05, 0.1) is 17.5 Å². The minimum Gasteiger partial charge on any atom is -0.322 e. The van der Waals surface area contributed by atoms with Crippen molar-refractivity contribution in [2.24, 2.45) is 7.05 Å². The van der Waals surface area contributed by atoms with Crippen LogP contribution in [0, 0.1) is 0 Å². The molecule has 3 rings (SSSR count). The highest BCUT2D eigenvalue weighted by atomic mass is 35.5. The van der Waals surface area contributed by atoms with E-state index in [-0.39, 0.29) is 10.5 Å². The molecule has 3 aromatic rings. The van der Waals surface area contributed by atoms with Crippen LogP contribution in [0.3, 0.4) is 0 Å². The van der Waals surface area contributed by atoms with Gasteiger partial charge in [0, 0.05) is 12.4 Å². The maximum Gasteiger partial charge on any atom is 0.451 e. The summed E-state index contributed by atoms with van der Waals surface area (Å²) in [4.78, 5) is 11.4. The zero-order valence-electron chi connectivity index (χ0n) is 11.8. The van der Waals surface area contributed by atoms with Crippen molar-refractivity contribution < 1.29 is 13.2 Å². The van der Waals surface area contributed by atoms with Crippen LogP contribution in [0.15, 0.2) is 35.5 Å². The standard InChI is InChI=1S/C14H10ClF3N4S/c1-22-10(15)6-19-11(22)7-23-12-8-4-2-3-5-9(8)20-13(21-12)14(16,17)18/h2-6H,7H2,1H3. The molecule has 23 heavy (non-hydrogen) atoms. The van der Waals surface area contributed by atoms with Crippen LogP contribution in [0.1, 0.15) is 11.6 Å². The largest absolute Gasteiger partial charge is 0.451 e. The van der Waals surface area contributed by atoms with Crippen molar-refractivity contribution in [3.05, 3.63) is 47.3 Å². The van der Waals surface area contributed by atoms with E-state index in [1.165, 1.54) is 24.0 Å². The van der Waals surface area contributed by atoms with E-state index >= 15 is 0 Å². The highest BCUT2D eigenvalue weighted by molar-refractivity contribution is 7.98. The van der Waals surface area contributed by atoms with Crippen molar-refractivity contribution in [3.63, 3.8) is 0 Å². The van der Waals surface area contributed by atoms with Gasteiger partial charge in [-0.05, 0) is 6.07 Å². The van der Waals surface area contributed by atoms with Crippen molar-refractivity contribution in [2.75, 3.05) is 0 Å². The van der Waals surface area contributed by atoms with E-state index in [4.69, 9.17) is 11.6 Å². The molecule has 0 spiro atoms. The zero-order chi connectivity index (χ0) is 16.6. The molecule has 0 aliphatic rings. The molecule has 0 N–H and O–H groups in total. The average molecular weight is 359 g/mol. The summed E-state index contributed by atoms with van der Waals surface area (Å²) in [7, 11) is 1.74. The van der Waals surface area contributed by atoms with E-state index in [1.807, 2.05) is 0 Å². The number of thioether (sulfide) groups is 1. The quantitative estimate of drug-likeness (QED) is 0.516. The molecule has 2 aromatic heterocycles. The maximum atomic E-state index is 13.0. The molecule has 0 aliphatic carbocycles. The highest BCUT2D eigenvalue weighted by Gasteiger charge is 2.35. The Kier molecular flexibility index (Phi) is 4.20. The second kappa shape index (κ2) is 6.01. The summed E-state index contributed by atoms with van der Waals surface area (Å²) in [5.74, 6) is -0.144. The topological polar surface area (TPSA) is 43.6 Å². The Morgan fingerprint density at radius 1 is 1.22 bits per heavy atom. The van der Waals surface area contributed by atoms with Crippen LogP contribution < -0.4 is 0 Å².